The number of amides is 1. The lowest BCUT2D eigenvalue weighted by Gasteiger charge is -2.32. The quantitative estimate of drug-likeness (QED) is 0.877. The molecule has 24 heavy (non-hydrogen) atoms. The fourth-order valence-corrected chi connectivity index (χ4v) is 2.49. The SMILES string of the molecule is CC1(C)OB(c2cccc(C(=O)NCc3ccco3)c2)OC1(C)C. The first kappa shape index (κ1) is 16.8. The number of hydrogen-bond acceptors (Lipinski definition) is 4. The van der Waals surface area contributed by atoms with Crippen LogP contribution in [0.2, 0.25) is 0 Å². The Morgan fingerprint density at radius 1 is 1.08 bits per heavy atom. The van der Waals surface area contributed by atoms with E-state index >= 15 is 0 Å². The predicted molar refractivity (Wildman–Crippen MR) is 92.0 cm³/mol. The van der Waals surface area contributed by atoms with Crippen molar-refractivity contribution in [3.05, 3.63) is 54.0 Å². The molecule has 1 N–H and O–H groups in total. The summed E-state index contributed by atoms with van der Waals surface area (Å²) in [5.74, 6) is 0.551. The molecule has 3 rings (SSSR count). The van der Waals surface area contributed by atoms with E-state index in [-0.39, 0.29) is 5.91 Å². The Labute approximate surface area is 142 Å². The number of hydrogen-bond donors (Lipinski definition) is 1. The van der Waals surface area contributed by atoms with Crippen molar-refractivity contribution < 1.29 is 18.5 Å². The first-order valence-electron chi connectivity index (χ1n) is 8.05. The van der Waals surface area contributed by atoms with Crippen molar-refractivity contribution in [1.29, 1.82) is 0 Å². The number of rotatable bonds is 4. The molecule has 0 spiro atoms. The van der Waals surface area contributed by atoms with Gasteiger partial charge in [0.2, 0.25) is 0 Å². The van der Waals surface area contributed by atoms with E-state index in [4.69, 9.17) is 13.7 Å². The highest BCUT2D eigenvalue weighted by molar-refractivity contribution is 6.62. The third-order valence-corrected chi connectivity index (χ3v) is 4.68. The van der Waals surface area contributed by atoms with E-state index in [0.717, 1.165) is 5.46 Å². The van der Waals surface area contributed by atoms with Crippen LogP contribution in [0.15, 0.2) is 47.1 Å². The van der Waals surface area contributed by atoms with E-state index in [2.05, 4.69) is 5.32 Å². The summed E-state index contributed by atoms with van der Waals surface area (Å²) in [4.78, 5) is 12.3. The van der Waals surface area contributed by atoms with Gasteiger partial charge < -0.3 is 19.0 Å². The maximum atomic E-state index is 12.3. The van der Waals surface area contributed by atoms with Crippen LogP contribution in [0.4, 0.5) is 0 Å². The molecule has 0 aliphatic carbocycles. The molecule has 1 aromatic carbocycles. The van der Waals surface area contributed by atoms with Crippen LogP contribution in [0.3, 0.4) is 0 Å². The van der Waals surface area contributed by atoms with Crippen molar-refractivity contribution in [3.8, 4) is 0 Å². The molecular weight excluding hydrogens is 305 g/mol. The first-order valence-corrected chi connectivity index (χ1v) is 8.05. The van der Waals surface area contributed by atoms with E-state index in [9.17, 15) is 4.79 Å². The van der Waals surface area contributed by atoms with Crippen LogP contribution in [0, 0.1) is 0 Å². The van der Waals surface area contributed by atoms with Gasteiger partial charge in [-0.3, -0.25) is 4.79 Å². The number of furan rings is 1. The monoisotopic (exact) mass is 327 g/mol. The molecule has 1 saturated heterocycles. The van der Waals surface area contributed by atoms with Crippen LogP contribution in [-0.2, 0) is 15.9 Å². The standard InChI is InChI=1S/C18H22BNO4/c1-17(2)18(3,4)24-19(23-17)14-8-5-7-13(11-14)16(21)20-12-15-9-6-10-22-15/h5-11H,12H2,1-4H3,(H,20,21). The molecule has 0 unspecified atom stereocenters. The smallest absolute Gasteiger partial charge is 0.467 e. The van der Waals surface area contributed by atoms with Gasteiger partial charge in [0.1, 0.15) is 5.76 Å². The summed E-state index contributed by atoms with van der Waals surface area (Å²) in [6.45, 7) is 8.38. The predicted octanol–water partition coefficient (Wildman–Crippen LogP) is 2.51. The zero-order valence-electron chi connectivity index (χ0n) is 14.5. The van der Waals surface area contributed by atoms with Gasteiger partial charge in [-0.1, -0.05) is 12.1 Å². The molecule has 2 heterocycles. The highest BCUT2D eigenvalue weighted by Gasteiger charge is 2.51. The number of carbonyl (C=O) groups is 1. The Morgan fingerprint density at radius 2 is 1.79 bits per heavy atom. The van der Waals surface area contributed by atoms with Crippen molar-refractivity contribution in [2.75, 3.05) is 0 Å². The summed E-state index contributed by atoms with van der Waals surface area (Å²) < 4.78 is 17.3. The van der Waals surface area contributed by atoms with Gasteiger partial charge in [0.05, 0.1) is 24.0 Å². The molecule has 126 valence electrons. The fraction of sp³-hybridized carbons (Fsp3) is 0.389. The molecule has 2 aromatic rings. The molecule has 5 nitrogen and oxygen atoms in total. The van der Waals surface area contributed by atoms with Crippen molar-refractivity contribution in [3.63, 3.8) is 0 Å². The van der Waals surface area contributed by atoms with Gasteiger partial charge in [-0.05, 0) is 57.4 Å². The largest absolute Gasteiger partial charge is 0.494 e. The fourth-order valence-electron chi connectivity index (χ4n) is 2.49. The second-order valence-corrected chi connectivity index (χ2v) is 6.98. The lowest BCUT2D eigenvalue weighted by molar-refractivity contribution is 0.00578. The summed E-state index contributed by atoms with van der Waals surface area (Å²) in [5, 5.41) is 2.84. The Kier molecular flexibility index (Phi) is 4.28. The van der Waals surface area contributed by atoms with Crippen LogP contribution in [0.1, 0.15) is 43.8 Å². The van der Waals surface area contributed by atoms with Gasteiger partial charge in [-0.2, -0.15) is 0 Å². The Hall–Kier alpha value is -2.05. The normalized spacial score (nSPS) is 18.6. The third kappa shape index (κ3) is 3.25. The molecule has 0 radical (unpaired) electrons. The number of benzene rings is 1. The Balaban J connectivity index is 1.71. The van der Waals surface area contributed by atoms with E-state index in [1.165, 1.54) is 0 Å². The topological polar surface area (TPSA) is 60.7 Å². The summed E-state index contributed by atoms with van der Waals surface area (Å²) in [6.07, 6.45) is 1.58. The van der Waals surface area contributed by atoms with Gasteiger partial charge >= 0.3 is 7.12 Å². The van der Waals surface area contributed by atoms with Gasteiger partial charge in [-0.15, -0.1) is 0 Å². The summed E-state index contributed by atoms with van der Waals surface area (Å²) >= 11 is 0. The molecule has 0 bridgehead atoms. The lowest BCUT2D eigenvalue weighted by atomic mass is 9.78. The van der Waals surface area contributed by atoms with Gasteiger partial charge in [0, 0.05) is 5.56 Å². The van der Waals surface area contributed by atoms with E-state index in [1.807, 2.05) is 45.9 Å². The molecule has 6 heteroatoms. The second kappa shape index (κ2) is 6.11. The van der Waals surface area contributed by atoms with Gasteiger partial charge in [-0.25, -0.2) is 0 Å². The zero-order valence-corrected chi connectivity index (χ0v) is 14.5. The van der Waals surface area contributed by atoms with Gasteiger partial charge in [0.15, 0.2) is 0 Å². The average molecular weight is 327 g/mol. The summed E-state index contributed by atoms with van der Waals surface area (Å²) in [7, 11) is -0.479. The molecule has 1 fully saturated rings. The van der Waals surface area contributed by atoms with Crippen molar-refractivity contribution in [2.45, 2.75) is 45.4 Å². The van der Waals surface area contributed by atoms with Crippen LogP contribution in [-0.4, -0.2) is 24.2 Å². The summed E-state index contributed by atoms with van der Waals surface area (Å²) in [6, 6.07) is 10.9. The molecule has 0 atom stereocenters. The van der Waals surface area contributed by atoms with Crippen molar-refractivity contribution in [2.24, 2.45) is 0 Å². The minimum atomic E-state index is -0.479. The maximum Gasteiger partial charge on any atom is 0.494 e. The molecule has 1 aliphatic rings. The number of nitrogens with one attached hydrogen (secondary N) is 1. The highest BCUT2D eigenvalue weighted by atomic mass is 16.7. The first-order chi connectivity index (χ1) is 11.3. The van der Waals surface area contributed by atoms with Crippen molar-refractivity contribution in [1.82, 2.24) is 5.32 Å². The molecule has 0 saturated carbocycles. The summed E-state index contributed by atoms with van der Waals surface area (Å²) in [5.41, 5.74) is 0.581. The Morgan fingerprint density at radius 3 is 2.42 bits per heavy atom. The van der Waals surface area contributed by atoms with Crippen LogP contribution < -0.4 is 10.8 Å². The van der Waals surface area contributed by atoms with E-state index in [0.29, 0.717) is 17.9 Å². The maximum absolute atomic E-state index is 12.3. The van der Waals surface area contributed by atoms with Crippen LogP contribution >= 0.6 is 0 Å². The average Bonchev–Trinajstić information content (AvgIpc) is 3.11. The van der Waals surface area contributed by atoms with Gasteiger partial charge in [0.25, 0.3) is 5.91 Å². The Bertz CT molecular complexity index is 708. The minimum absolute atomic E-state index is 0.162. The van der Waals surface area contributed by atoms with Crippen molar-refractivity contribution >= 4 is 18.5 Å². The highest BCUT2D eigenvalue weighted by Crippen LogP contribution is 2.36. The second-order valence-electron chi connectivity index (χ2n) is 6.98. The number of carbonyl (C=O) groups excluding carboxylic acids is 1. The van der Waals surface area contributed by atoms with Crippen LogP contribution in [0.25, 0.3) is 0 Å². The lowest BCUT2D eigenvalue weighted by Crippen LogP contribution is -2.41. The van der Waals surface area contributed by atoms with Crippen LogP contribution in [0.5, 0.6) is 0 Å². The molecule has 1 amide bonds. The molecule has 1 aromatic heterocycles. The zero-order chi connectivity index (χ0) is 17.4. The minimum Gasteiger partial charge on any atom is -0.467 e. The van der Waals surface area contributed by atoms with E-state index in [1.54, 1.807) is 24.5 Å². The molecule has 1 aliphatic heterocycles. The third-order valence-electron chi connectivity index (χ3n) is 4.68. The molecular formula is C18H22BNO4. The van der Waals surface area contributed by atoms with E-state index < -0.39 is 18.3 Å².